The molecule has 122 valence electrons. The molecule has 3 rings (SSSR count). The molecule has 0 aromatic heterocycles. The van der Waals surface area contributed by atoms with Crippen LogP contribution in [0.25, 0.3) is 0 Å². The van der Waals surface area contributed by atoms with Gasteiger partial charge in [0, 0.05) is 29.1 Å². The first-order valence-corrected chi connectivity index (χ1v) is 8.06. The van der Waals surface area contributed by atoms with Gasteiger partial charge in [-0.25, -0.2) is 0 Å². The number of ether oxygens (including phenoxy) is 1. The van der Waals surface area contributed by atoms with Gasteiger partial charge in [-0.05, 0) is 23.8 Å². The van der Waals surface area contributed by atoms with Crippen LogP contribution in [0.1, 0.15) is 23.3 Å². The lowest BCUT2D eigenvalue weighted by Gasteiger charge is -2.33. The maximum atomic E-state index is 10.3. The van der Waals surface area contributed by atoms with Gasteiger partial charge in [-0.3, -0.25) is 0 Å². The standard InChI is InChI=1S/C18H20ClNO3/c19-14-7-5-12(6-8-14)16(22)9-20-18-13(10-21)11-23-17-4-2-1-3-15(17)18/h1-8,13,16,18,20-22H,9-11H2/t13-,16+,18-/m1/s1. The van der Waals surface area contributed by atoms with Gasteiger partial charge in [0.2, 0.25) is 0 Å². The Bertz CT molecular complexity index is 647. The van der Waals surface area contributed by atoms with E-state index in [0.717, 1.165) is 16.9 Å². The summed E-state index contributed by atoms with van der Waals surface area (Å²) in [7, 11) is 0. The predicted octanol–water partition coefficient (Wildman–Crippen LogP) is 2.71. The molecule has 0 amide bonds. The van der Waals surface area contributed by atoms with Crippen LogP contribution >= 0.6 is 11.6 Å². The van der Waals surface area contributed by atoms with E-state index in [4.69, 9.17) is 16.3 Å². The molecule has 2 aromatic carbocycles. The van der Waals surface area contributed by atoms with Crippen molar-refractivity contribution in [3.63, 3.8) is 0 Å². The first kappa shape index (κ1) is 16.3. The number of aliphatic hydroxyl groups excluding tert-OH is 2. The van der Waals surface area contributed by atoms with Crippen LogP contribution < -0.4 is 10.1 Å². The fourth-order valence-corrected chi connectivity index (χ4v) is 3.02. The molecular formula is C18H20ClNO3. The monoisotopic (exact) mass is 333 g/mol. The van der Waals surface area contributed by atoms with E-state index in [0.29, 0.717) is 18.2 Å². The van der Waals surface area contributed by atoms with Crippen molar-refractivity contribution in [2.45, 2.75) is 12.1 Å². The number of fused-ring (bicyclic) bond motifs is 1. The van der Waals surface area contributed by atoms with Crippen LogP contribution in [0.15, 0.2) is 48.5 Å². The molecule has 1 aliphatic heterocycles. The quantitative estimate of drug-likeness (QED) is 0.787. The first-order valence-electron chi connectivity index (χ1n) is 7.68. The van der Waals surface area contributed by atoms with Gasteiger partial charge in [-0.1, -0.05) is 41.9 Å². The van der Waals surface area contributed by atoms with E-state index >= 15 is 0 Å². The molecule has 1 aliphatic rings. The van der Waals surface area contributed by atoms with Crippen LogP contribution in [0.5, 0.6) is 5.75 Å². The summed E-state index contributed by atoms with van der Waals surface area (Å²) < 4.78 is 5.68. The summed E-state index contributed by atoms with van der Waals surface area (Å²) in [6, 6.07) is 14.9. The maximum Gasteiger partial charge on any atom is 0.124 e. The molecule has 0 spiro atoms. The van der Waals surface area contributed by atoms with Gasteiger partial charge in [-0.15, -0.1) is 0 Å². The fraction of sp³-hybridized carbons (Fsp3) is 0.333. The average molecular weight is 334 g/mol. The summed E-state index contributed by atoms with van der Waals surface area (Å²) in [4.78, 5) is 0. The number of rotatable bonds is 5. The lowest BCUT2D eigenvalue weighted by atomic mass is 9.91. The Labute approximate surface area is 140 Å². The lowest BCUT2D eigenvalue weighted by molar-refractivity contribution is 0.0988. The Kier molecular flexibility index (Phi) is 5.18. The van der Waals surface area contributed by atoms with Crippen molar-refractivity contribution in [2.24, 2.45) is 5.92 Å². The predicted molar refractivity (Wildman–Crippen MR) is 89.7 cm³/mol. The Hall–Kier alpha value is -1.59. The number of halogens is 1. The average Bonchev–Trinajstić information content (AvgIpc) is 2.59. The first-order chi connectivity index (χ1) is 11.2. The minimum Gasteiger partial charge on any atom is -0.493 e. The van der Waals surface area contributed by atoms with E-state index in [1.807, 2.05) is 36.4 Å². The van der Waals surface area contributed by atoms with Crippen LogP contribution in [0, 0.1) is 5.92 Å². The van der Waals surface area contributed by atoms with Gasteiger partial charge in [0.05, 0.1) is 19.3 Å². The van der Waals surface area contributed by atoms with Crippen molar-refractivity contribution in [3.8, 4) is 5.75 Å². The zero-order valence-electron chi connectivity index (χ0n) is 12.7. The molecule has 5 heteroatoms. The zero-order valence-corrected chi connectivity index (χ0v) is 13.4. The highest BCUT2D eigenvalue weighted by molar-refractivity contribution is 6.30. The third kappa shape index (κ3) is 3.67. The van der Waals surface area contributed by atoms with Gasteiger partial charge in [0.15, 0.2) is 0 Å². The van der Waals surface area contributed by atoms with Crippen LogP contribution in [0.2, 0.25) is 5.02 Å². The zero-order chi connectivity index (χ0) is 16.2. The number of para-hydroxylation sites is 1. The third-order valence-electron chi connectivity index (χ3n) is 4.20. The van der Waals surface area contributed by atoms with Crippen LogP contribution in [0.3, 0.4) is 0 Å². The Morgan fingerprint density at radius 3 is 2.65 bits per heavy atom. The van der Waals surface area contributed by atoms with Crippen molar-refractivity contribution in [1.82, 2.24) is 5.32 Å². The van der Waals surface area contributed by atoms with Crippen molar-refractivity contribution in [3.05, 3.63) is 64.7 Å². The topological polar surface area (TPSA) is 61.7 Å². The van der Waals surface area contributed by atoms with Crippen molar-refractivity contribution in [2.75, 3.05) is 19.8 Å². The molecule has 0 unspecified atom stereocenters. The largest absolute Gasteiger partial charge is 0.493 e. The van der Waals surface area contributed by atoms with E-state index in [-0.39, 0.29) is 18.6 Å². The number of hydrogen-bond donors (Lipinski definition) is 3. The molecule has 4 nitrogen and oxygen atoms in total. The molecule has 0 aliphatic carbocycles. The highest BCUT2D eigenvalue weighted by atomic mass is 35.5. The van der Waals surface area contributed by atoms with E-state index in [1.54, 1.807) is 12.1 Å². The molecule has 23 heavy (non-hydrogen) atoms. The van der Waals surface area contributed by atoms with Crippen molar-refractivity contribution in [1.29, 1.82) is 0 Å². The second-order valence-corrected chi connectivity index (χ2v) is 6.18. The SMILES string of the molecule is OC[C@@H]1COc2ccccc2[C@@H]1NC[C@H](O)c1ccc(Cl)cc1. The minimum atomic E-state index is -0.637. The van der Waals surface area contributed by atoms with E-state index in [2.05, 4.69) is 5.32 Å². The summed E-state index contributed by atoms with van der Waals surface area (Å²) in [5, 5.41) is 24.0. The number of hydrogen-bond acceptors (Lipinski definition) is 4. The Morgan fingerprint density at radius 2 is 1.91 bits per heavy atom. The molecule has 0 radical (unpaired) electrons. The molecule has 3 atom stereocenters. The molecule has 0 saturated heterocycles. The van der Waals surface area contributed by atoms with Crippen molar-refractivity contribution >= 4 is 11.6 Å². The van der Waals surface area contributed by atoms with E-state index in [1.165, 1.54) is 0 Å². The Morgan fingerprint density at radius 1 is 1.17 bits per heavy atom. The maximum absolute atomic E-state index is 10.3. The van der Waals surface area contributed by atoms with Crippen LogP contribution in [0.4, 0.5) is 0 Å². The molecular weight excluding hydrogens is 314 g/mol. The minimum absolute atomic E-state index is 0.0308. The fourth-order valence-electron chi connectivity index (χ4n) is 2.89. The highest BCUT2D eigenvalue weighted by Gasteiger charge is 2.30. The number of aliphatic hydroxyl groups is 2. The number of benzene rings is 2. The van der Waals surface area contributed by atoms with Crippen LogP contribution in [-0.2, 0) is 0 Å². The smallest absolute Gasteiger partial charge is 0.124 e. The Balaban J connectivity index is 1.71. The van der Waals surface area contributed by atoms with Gasteiger partial charge in [0.25, 0.3) is 0 Å². The van der Waals surface area contributed by atoms with E-state index in [9.17, 15) is 10.2 Å². The van der Waals surface area contributed by atoms with Gasteiger partial charge >= 0.3 is 0 Å². The van der Waals surface area contributed by atoms with Gasteiger partial charge < -0.3 is 20.3 Å². The molecule has 3 N–H and O–H groups in total. The normalized spacial score (nSPS) is 21.3. The molecule has 1 heterocycles. The molecule has 0 fully saturated rings. The van der Waals surface area contributed by atoms with Crippen molar-refractivity contribution < 1.29 is 14.9 Å². The molecule has 2 aromatic rings. The summed E-state index contributed by atoms with van der Waals surface area (Å²) in [6.07, 6.45) is -0.637. The summed E-state index contributed by atoms with van der Waals surface area (Å²) in [6.45, 7) is 0.877. The highest BCUT2D eigenvalue weighted by Crippen LogP contribution is 2.35. The summed E-state index contributed by atoms with van der Waals surface area (Å²) >= 11 is 5.87. The second-order valence-electron chi connectivity index (χ2n) is 5.74. The summed E-state index contributed by atoms with van der Waals surface area (Å²) in [5.41, 5.74) is 1.82. The lowest BCUT2D eigenvalue weighted by Crippen LogP contribution is -2.39. The summed E-state index contributed by atoms with van der Waals surface area (Å²) in [5.74, 6) is 0.790. The van der Waals surface area contributed by atoms with Gasteiger partial charge in [0.1, 0.15) is 5.75 Å². The third-order valence-corrected chi connectivity index (χ3v) is 4.45. The second kappa shape index (κ2) is 7.32. The molecule has 0 bridgehead atoms. The number of nitrogens with one attached hydrogen (secondary N) is 1. The van der Waals surface area contributed by atoms with Gasteiger partial charge in [-0.2, -0.15) is 0 Å². The molecule has 0 saturated carbocycles. The van der Waals surface area contributed by atoms with Crippen LogP contribution in [-0.4, -0.2) is 30.0 Å². The van der Waals surface area contributed by atoms with E-state index < -0.39 is 6.10 Å².